The smallest absolute Gasteiger partial charge is 0.327 e. The highest BCUT2D eigenvalue weighted by Crippen LogP contribution is 2.38. The van der Waals surface area contributed by atoms with E-state index in [0.717, 1.165) is 43.4 Å². The highest BCUT2D eigenvalue weighted by Gasteiger charge is 2.21. The van der Waals surface area contributed by atoms with E-state index in [1.165, 1.54) is 11.6 Å². The quantitative estimate of drug-likeness (QED) is 0.388. The Morgan fingerprint density at radius 3 is 2.65 bits per heavy atom. The van der Waals surface area contributed by atoms with Gasteiger partial charge < -0.3 is 14.8 Å². The fourth-order valence-electron chi connectivity index (χ4n) is 4.17. The number of aromatic nitrogens is 1. The molecule has 0 radical (unpaired) electrons. The largest absolute Gasteiger partial charge is 0.478 e. The van der Waals surface area contributed by atoms with Gasteiger partial charge >= 0.3 is 5.97 Å². The van der Waals surface area contributed by atoms with Crippen LogP contribution in [0.5, 0.6) is 0 Å². The van der Waals surface area contributed by atoms with Crippen LogP contribution in [0.25, 0.3) is 11.3 Å². The Morgan fingerprint density at radius 1 is 1.16 bits per heavy atom. The standard InChI is InChI=1S/C25H25ClN2O3/c26-21-4-2-5-22(15-21)28-25-27-16-23(31-25)20-13-11-19(12-14-20)18-9-7-17(8-10-18)3-1-6-24(29)30/h1-2,4-6,11-18H,3,7-10H2,(H,27,28)(H,29,30)/b6-1+/t17-,18-. The van der Waals surface area contributed by atoms with Crippen LogP contribution in [0.3, 0.4) is 0 Å². The van der Waals surface area contributed by atoms with Crippen molar-refractivity contribution in [3.8, 4) is 11.3 Å². The van der Waals surface area contributed by atoms with Crippen molar-refractivity contribution < 1.29 is 14.3 Å². The number of carboxylic acids is 1. The average Bonchev–Trinajstić information content (AvgIpc) is 3.23. The Kier molecular flexibility index (Phi) is 6.73. The number of carboxylic acid groups (broad SMARTS) is 1. The van der Waals surface area contributed by atoms with Crippen LogP contribution in [-0.2, 0) is 4.79 Å². The zero-order valence-corrected chi connectivity index (χ0v) is 17.9. The van der Waals surface area contributed by atoms with Crippen LogP contribution in [0.1, 0.15) is 43.6 Å². The number of carbonyl (C=O) groups is 1. The second-order valence-electron chi connectivity index (χ2n) is 7.98. The Labute approximate surface area is 186 Å². The minimum atomic E-state index is -0.868. The molecule has 5 nitrogen and oxygen atoms in total. The maximum Gasteiger partial charge on any atom is 0.327 e. The van der Waals surface area contributed by atoms with E-state index in [4.69, 9.17) is 21.1 Å². The molecule has 1 aromatic heterocycles. The summed E-state index contributed by atoms with van der Waals surface area (Å²) < 4.78 is 5.85. The molecule has 4 rings (SSSR count). The molecule has 1 aliphatic rings. The van der Waals surface area contributed by atoms with Gasteiger partial charge in [-0.25, -0.2) is 9.78 Å². The van der Waals surface area contributed by atoms with Crippen molar-refractivity contribution in [3.63, 3.8) is 0 Å². The number of anilines is 2. The second kappa shape index (κ2) is 9.84. The van der Waals surface area contributed by atoms with E-state index in [1.807, 2.05) is 24.3 Å². The van der Waals surface area contributed by atoms with Gasteiger partial charge in [0.05, 0.1) is 6.20 Å². The minimum absolute atomic E-state index is 0.427. The van der Waals surface area contributed by atoms with E-state index in [2.05, 4.69) is 34.6 Å². The molecule has 1 saturated carbocycles. The number of oxazole rings is 1. The molecule has 2 N–H and O–H groups in total. The molecule has 31 heavy (non-hydrogen) atoms. The van der Waals surface area contributed by atoms with Crippen molar-refractivity contribution in [2.75, 3.05) is 5.32 Å². The number of nitrogens with zero attached hydrogens (tertiary/aromatic N) is 1. The minimum Gasteiger partial charge on any atom is -0.478 e. The lowest BCUT2D eigenvalue weighted by Crippen LogP contribution is -2.12. The van der Waals surface area contributed by atoms with Gasteiger partial charge in [-0.05, 0) is 67.7 Å². The molecule has 0 atom stereocenters. The van der Waals surface area contributed by atoms with Gasteiger partial charge in [-0.1, -0.05) is 48.0 Å². The highest BCUT2D eigenvalue weighted by molar-refractivity contribution is 6.30. The lowest BCUT2D eigenvalue weighted by atomic mass is 9.77. The summed E-state index contributed by atoms with van der Waals surface area (Å²) in [6.07, 6.45) is 10.2. The maximum absolute atomic E-state index is 10.6. The summed E-state index contributed by atoms with van der Waals surface area (Å²) in [6.45, 7) is 0. The summed E-state index contributed by atoms with van der Waals surface area (Å²) in [5, 5.41) is 12.5. The Bertz CT molecular complexity index is 1050. The fraction of sp³-hybridized carbons (Fsp3) is 0.280. The summed E-state index contributed by atoms with van der Waals surface area (Å²) in [5.74, 6) is 0.993. The molecule has 0 saturated heterocycles. The maximum atomic E-state index is 10.6. The van der Waals surface area contributed by atoms with Gasteiger partial charge in [0.25, 0.3) is 6.01 Å². The molecule has 0 amide bonds. The van der Waals surface area contributed by atoms with Crippen LogP contribution in [0.15, 0.2) is 71.3 Å². The van der Waals surface area contributed by atoms with E-state index in [-0.39, 0.29) is 0 Å². The average molecular weight is 437 g/mol. The molecular formula is C25H25ClN2O3. The second-order valence-corrected chi connectivity index (χ2v) is 8.42. The molecule has 160 valence electrons. The zero-order chi connectivity index (χ0) is 21.6. The first-order valence-electron chi connectivity index (χ1n) is 10.5. The summed E-state index contributed by atoms with van der Waals surface area (Å²) in [5.41, 5.74) is 3.16. The Hall–Kier alpha value is -3.05. The molecular weight excluding hydrogens is 412 g/mol. The van der Waals surface area contributed by atoms with E-state index in [0.29, 0.717) is 28.6 Å². The first kappa shape index (κ1) is 21.2. The molecule has 2 aromatic carbocycles. The molecule has 6 heteroatoms. The third-order valence-electron chi connectivity index (χ3n) is 5.82. The number of benzene rings is 2. The van der Waals surface area contributed by atoms with Crippen LogP contribution in [0, 0.1) is 5.92 Å². The van der Waals surface area contributed by atoms with Gasteiger partial charge in [-0.15, -0.1) is 0 Å². The first-order valence-corrected chi connectivity index (χ1v) is 10.9. The number of rotatable bonds is 7. The third kappa shape index (κ3) is 5.76. The molecule has 1 fully saturated rings. The summed E-state index contributed by atoms with van der Waals surface area (Å²) in [7, 11) is 0. The van der Waals surface area contributed by atoms with Crippen molar-refractivity contribution >= 4 is 29.3 Å². The van der Waals surface area contributed by atoms with Gasteiger partial charge in [0.15, 0.2) is 5.76 Å². The van der Waals surface area contributed by atoms with E-state index >= 15 is 0 Å². The van der Waals surface area contributed by atoms with Crippen LogP contribution >= 0.6 is 11.6 Å². The van der Waals surface area contributed by atoms with E-state index in [9.17, 15) is 4.79 Å². The van der Waals surface area contributed by atoms with Crippen molar-refractivity contribution in [1.29, 1.82) is 0 Å². The molecule has 0 spiro atoms. The predicted octanol–water partition coefficient (Wildman–Crippen LogP) is 7.04. The van der Waals surface area contributed by atoms with Gasteiger partial charge in [-0.3, -0.25) is 0 Å². The Morgan fingerprint density at radius 2 is 1.94 bits per heavy atom. The van der Waals surface area contributed by atoms with Crippen LogP contribution in [0.2, 0.25) is 5.02 Å². The van der Waals surface area contributed by atoms with Crippen LogP contribution in [0.4, 0.5) is 11.7 Å². The van der Waals surface area contributed by atoms with Gasteiger partial charge in [0, 0.05) is 22.3 Å². The number of hydrogen-bond acceptors (Lipinski definition) is 4. The highest BCUT2D eigenvalue weighted by atomic mass is 35.5. The van der Waals surface area contributed by atoms with Crippen LogP contribution < -0.4 is 5.32 Å². The van der Waals surface area contributed by atoms with Crippen LogP contribution in [-0.4, -0.2) is 16.1 Å². The van der Waals surface area contributed by atoms with Crippen molar-refractivity contribution in [1.82, 2.24) is 4.98 Å². The molecule has 1 heterocycles. The summed E-state index contributed by atoms with van der Waals surface area (Å²) in [4.78, 5) is 14.9. The third-order valence-corrected chi connectivity index (χ3v) is 6.06. The molecule has 3 aromatic rings. The predicted molar refractivity (Wildman–Crippen MR) is 123 cm³/mol. The summed E-state index contributed by atoms with van der Waals surface area (Å²) in [6, 6.07) is 16.4. The van der Waals surface area contributed by atoms with E-state index in [1.54, 1.807) is 12.3 Å². The normalized spacial score (nSPS) is 18.9. The topological polar surface area (TPSA) is 75.4 Å². The van der Waals surface area contributed by atoms with Gasteiger partial charge in [0.2, 0.25) is 0 Å². The number of nitrogens with one attached hydrogen (secondary N) is 1. The first-order chi connectivity index (χ1) is 15.1. The van der Waals surface area contributed by atoms with Gasteiger partial charge in [-0.2, -0.15) is 0 Å². The molecule has 0 bridgehead atoms. The van der Waals surface area contributed by atoms with Crippen molar-refractivity contribution in [2.24, 2.45) is 5.92 Å². The Balaban J connectivity index is 1.34. The summed E-state index contributed by atoms with van der Waals surface area (Å²) >= 11 is 6.02. The number of hydrogen-bond donors (Lipinski definition) is 2. The lowest BCUT2D eigenvalue weighted by molar-refractivity contribution is -0.131. The van der Waals surface area contributed by atoms with Gasteiger partial charge in [0.1, 0.15) is 0 Å². The SMILES string of the molecule is O=C(O)/C=C/C[C@H]1CC[C@H](c2ccc(-c3cnc(Nc4cccc(Cl)c4)o3)cc2)CC1. The number of allylic oxidation sites excluding steroid dienone is 1. The fourth-order valence-corrected chi connectivity index (χ4v) is 4.36. The monoisotopic (exact) mass is 436 g/mol. The molecule has 0 unspecified atom stereocenters. The zero-order valence-electron chi connectivity index (χ0n) is 17.1. The lowest BCUT2D eigenvalue weighted by Gasteiger charge is -2.28. The number of halogens is 1. The van der Waals surface area contributed by atoms with Crippen molar-refractivity contribution in [3.05, 3.63) is 77.5 Å². The number of aliphatic carboxylic acids is 1. The molecule has 0 aliphatic heterocycles. The molecule has 1 aliphatic carbocycles. The van der Waals surface area contributed by atoms with Crippen molar-refractivity contribution in [2.45, 2.75) is 38.0 Å². The van der Waals surface area contributed by atoms with E-state index < -0.39 is 5.97 Å².